The lowest BCUT2D eigenvalue weighted by atomic mass is 10.2. The van der Waals surface area contributed by atoms with Gasteiger partial charge in [-0.2, -0.15) is 12.7 Å². The van der Waals surface area contributed by atoms with Crippen molar-refractivity contribution in [2.24, 2.45) is 0 Å². The smallest absolute Gasteiger partial charge is 0.301 e. The Morgan fingerprint density at radius 3 is 2.53 bits per heavy atom. The van der Waals surface area contributed by atoms with Gasteiger partial charge in [0.1, 0.15) is 0 Å². The van der Waals surface area contributed by atoms with Crippen LogP contribution in [0.2, 0.25) is 0 Å². The van der Waals surface area contributed by atoms with E-state index in [2.05, 4.69) is 20.7 Å². The van der Waals surface area contributed by atoms with Crippen LogP contribution in [-0.2, 0) is 19.7 Å². The van der Waals surface area contributed by atoms with Crippen molar-refractivity contribution in [3.63, 3.8) is 0 Å². The quantitative estimate of drug-likeness (QED) is 0.897. The summed E-state index contributed by atoms with van der Waals surface area (Å²) in [6.45, 7) is 0.994. The zero-order valence-electron chi connectivity index (χ0n) is 10.6. The molecule has 1 heterocycles. The van der Waals surface area contributed by atoms with Gasteiger partial charge < -0.3 is 9.47 Å². The van der Waals surface area contributed by atoms with Gasteiger partial charge in [0.05, 0.1) is 18.9 Å². The highest BCUT2D eigenvalue weighted by molar-refractivity contribution is 9.10. The molecule has 0 atom stereocenters. The summed E-state index contributed by atoms with van der Waals surface area (Å²) in [6.07, 6.45) is -0.544. The maximum Gasteiger partial charge on any atom is 0.301 e. The summed E-state index contributed by atoms with van der Waals surface area (Å²) in [6, 6.07) is 5.21. The molecule has 0 amide bonds. The lowest BCUT2D eigenvalue weighted by Gasteiger charge is -2.18. The summed E-state index contributed by atoms with van der Waals surface area (Å²) < 4.78 is 39.0. The number of nitrogens with zero attached hydrogens (tertiary/aromatic N) is 1. The maximum absolute atomic E-state index is 11.9. The van der Waals surface area contributed by atoms with Crippen LogP contribution in [0.15, 0.2) is 22.7 Å². The Morgan fingerprint density at radius 1 is 1.32 bits per heavy atom. The highest BCUT2D eigenvalue weighted by atomic mass is 79.9. The van der Waals surface area contributed by atoms with Crippen LogP contribution in [0, 0.1) is 0 Å². The molecule has 1 aromatic carbocycles. The van der Waals surface area contributed by atoms with E-state index in [1.807, 2.05) is 0 Å². The Morgan fingerprint density at radius 2 is 1.95 bits per heavy atom. The van der Waals surface area contributed by atoms with Crippen molar-refractivity contribution in [1.82, 2.24) is 4.31 Å². The van der Waals surface area contributed by atoms with Crippen LogP contribution in [0.3, 0.4) is 0 Å². The first-order valence-corrected chi connectivity index (χ1v) is 7.86. The third kappa shape index (κ3) is 3.46. The average Bonchev–Trinajstić information content (AvgIpc) is 2.84. The number of rotatable bonds is 4. The monoisotopic (exact) mass is 350 g/mol. The van der Waals surface area contributed by atoms with Gasteiger partial charge in [-0.1, -0.05) is 15.9 Å². The van der Waals surface area contributed by atoms with Gasteiger partial charge in [-0.3, -0.25) is 4.72 Å². The fraction of sp³-hybridized carbons (Fsp3) is 0.455. The second-order valence-electron chi connectivity index (χ2n) is 4.19. The molecule has 0 radical (unpaired) electrons. The predicted octanol–water partition coefficient (Wildman–Crippen LogP) is 1.71. The molecule has 1 N–H and O–H groups in total. The van der Waals surface area contributed by atoms with E-state index in [4.69, 9.17) is 9.47 Å². The number of anilines is 1. The fourth-order valence-corrected chi connectivity index (χ4v) is 2.61. The zero-order valence-corrected chi connectivity index (χ0v) is 13.0. The molecule has 1 aromatic rings. The van der Waals surface area contributed by atoms with E-state index < -0.39 is 16.5 Å². The molecule has 1 saturated heterocycles. The second-order valence-corrected chi connectivity index (χ2v) is 6.99. The van der Waals surface area contributed by atoms with Crippen molar-refractivity contribution in [3.8, 4) is 0 Å². The summed E-state index contributed by atoms with van der Waals surface area (Å²) in [5.41, 5.74) is 1.10. The predicted molar refractivity (Wildman–Crippen MR) is 75.0 cm³/mol. The highest BCUT2D eigenvalue weighted by Crippen LogP contribution is 2.32. The van der Waals surface area contributed by atoms with E-state index in [1.165, 1.54) is 14.1 Å². The first-order chi connectivity index (χ1) is 8.90. The van der Waals surface area contributed by atoms with Crippen LogP contribution in [0.1, 0.15) is 11.9 Å². The van der Waals surface area contributed by atoms with Crippen molar-refractivity contribution in [1.29, 1.82) is 0 Å². The molecule has 1 fully saturated rings. The standard InChI is InChI=1S/C11H15BrN2O4S/c1-14(2)19(15,16)13-10-4-3-8(12)7-9(10)11-17-5-6-18-11/h3-4,7,11,13H,5-6H2,1-2H3. The topological polar surface area (TPSA) is 67.9 Å². The molecule has 0 spiro atoms. The van der Waals surface area contributed by atoms with E-state index in [1.54, 1.807) is 18.2 Å². The van der Waals surface area contributed by atoms with Crippen molar-refractivity contribution in [2.45, 2.75) is 6.29 Å². The van der Waals surface area contributed by atoms with E-state index in [0.717, 1.165) is 8.78 Å². The van der Waals surface area contributed by atoms with Gasteiger partial charge in [0.25, 0.3) is 0 Å². The molecular formula is C11H15BrN2O4S. The molecule has 106 valence electrons. The number of ether oxygens (including phenoxy) is 2. The first-order valence-electron chi connectivity index (χ1n) is 5.63. The summed E-state index contributed by atoms with van der Waals surface area (Å²) in [7, 11) is -0.636. The van der Waals surface area contributed by atoms with E-state index in [0.29, 0.717) is 24.5 Å². The van der Waals surface area contributed by atoms with Gasteiger partial charge in [0, 0.05) is 24.1 Å². The highest BCUT2D eigenvalue weighted by Gasteiger charge is 2.24. The lowest BCUT2D eigenvalue weighted by molar-refractivity contribution is -0.0435. The Balaban J connectivity index is 2.34. The van der Waals surface area contributed by atoms with Crippen molar-refractivity contribution >= 4 is 31.8 Å². The molecule has 19 heavy (non-hydrogen) atoms. The molecule has 1 aliphatic rings. The van der Waals surface area contributed by atoms with E-state index in [-0.39, 0.29) is 0 Å². The number of nitrogens with one attached hydrogen (secondary N) is 1. The Kier molecular flexibility index (Phi) is 4.46. The van der Waals surface area contributed by atoms with E-state index >= 15 is 0 Å². The van der Waals surface area contributed by atoms with Gasteiger partial charge in [0.2, 0.25) is 0 Å². The number of hydrogen-bond donors (Lipinski definition) is 1. The maximum atomic E-state index is 11.9. The fourth-order valence-electron chi connectivity index (χ4n) is 1.59. The Labute approximate surface area is 121 Å². The Bertz CT molecular complexity index is 556. The molecule has 8 heteroatoms. The molecule has 0 aliphatic carbocycles. The van der Waals surface area contributed by atoms with Crippen LogP contribution in [0.25, 0.3) is 0 Å². The molecular weight excluding hydrogens is 336 g/mol. The molecule has 0 aromatic heterocycles. The molecule has 0 saturated carbocycles. The lowest BCUT2D eigenvalue weighted by Crippen LogP contribution is -2.29. The Hall–Kier alpha value is -0.670. The van der Waals surface area contributed by atoms with Crippen molar-refractivity contribution in [3.05, 3.63) is 28.2 Å². The van der Waals surface area contributed by atoms with Crippen LogP contribution < -0.4 is 4.72 Å². The number of halogens is 1. The normalized spacial score (nSPS) is 17.1. The third-order valence-corrected chi connectivity index (χ3v) is 4.54. The van der Waals surface area contributed by atoms with Gasteiger partial charge in [-0.25, -0.2) is 0 Å². The first kappa shape index (κ1) is 14.7. The third-order valence-electron chi connectivity index (χ3n) is 2.61. The molecule has 0 bridgehead atoms. The summed E-state index contributed by atoms with van der Waals surface area (Å²) in [4.78, 5) is 0. The largest absolute Gasteiger partial charge is 0.346 e. The van der Waals surface area contributed by atoms with Gasteiger partial charge >= 0.3 is 10.2 Å². The molecule has 0 unspecified atom stereocenters. The van der Waals surface area contributed by atoms with Crippen LogP contribution >= 0.6 is 15.9 Å². The second kappa shape index (κ2) is 5.76. The minimum Gasteiger partial charge on any atom is -0.346 e. The summed E-state index contributed by atoms with van der Waals surface area (Å²) in [5.74, 6) is 0. The minimum atomic E-state index is -3.56. The van der Waals surface area contributed by atoms with Gasteiger partial charge in [-0.05, 0) is 18.2 Å². The summed E-state index contributed by atoms with van der Waals surface area (Å²) >= 11 is 3.35. The van der Waals surface area contributed by atoms with Gasteiger partial charge in [0.15, 0.2) is 6.29 Å². The SMILES string of the molecule is CN(C)S(=O)(=O)Nc1ccc(Br)cc1C1OCCO1. The average molecular weight is 351 g/mol. The number of hydrogen-bond acceptors (Lipinski definition) is 4. The van der Waals surface area contributed by atoms with Crippen molar-refractivity contribution in [2.75, 3.05) is 32.0 Å². The van der Waals surface area contributed by atoms with Crippen LogP contribution in [0.4, 0.5) is 5.69 Å². The molecule has 2 rings (SSSR count). The summed E-state index contributed by atoms with van der Waals surface area (Å²) in [5, 5.41) is 0. The minimum absolute atomic E-state index is 0.448. The van der Waals surface area contributed by atoms with Crippen molar-refractivity contribution < 1.29 is 17.9 Å². The zero-order chi connectivity index (χ0) is 14.0. The number of benzene rings is 1. The molecule has 6 nitrogen and oxygen atoms in total. The van der Waals surface area contributed by atoms with Crippen LogP contribution in [-0.4, -0.2) is 40.0 Å². The van der Waals surface area contributed by atoms with Gasteiger partial charge in [-0.15, -0.1) is 0 Å². The van der Waals surface area contributed by atoms with E-state index in [9.17, 15) is 8.42 Å². The molecule has 1 aliphatic heterocycles. The van der Waals surface area contributed by atoms with Crippen LogP contribution in [0.5, 0.6) is 0 Å².